The second kappa shape index (κ2) is 3.38. The highest BCUT2D eigenvalue weighted by atomic mass is 16.1. The van der Waals surface area contributed by atoms with Crippen LogP contribution in [0.4, 0.5) is 5.69 Å². The number of hydrogen-bond donors (Lipinski definition) is 0. The van der Waals surface area contributed by atoms with Gasteiger partial charge < -0.3 is 9.30 Å². The van der Waals surface area contributed by atoms with Gasteiger partial charge >= 0.3 is 0 Å². The van der Waals surface area contributed by atoms with Crippen LogP contribution in [-0.2, 0) is 0 Å². The smallest absolute Gasteiger partial charge is 0.170 e. The van der Waals surface area contributed by atoms with Crippen LogP contribution < -0.4 is 4.90 Å². The molecule has 0 bridgehead atoms. The Morgan fingerprint density at radius 2 is 2.13 bits per heavy atom. The molecule has 0 N–H and O–H groups in total. The first-order valence-corrected chi connectivity index (χ1v) is 4.74. The zero-order chi connectivity index (χ0) is 11.0. The van der Waals surface area contributed by atoms with E-state index in [1.165, 1.54) is 0 Å². The van der Waals surface area contributed by atoms with E-state index in [1.807, 2.05) is 48.6 Å². The molecule has 0 amide bonds. The summed E-state index contributed by atoms with van der Waals surface area (Å²) in [6.07, 6.45) is 2.77. The Balaban J connectivity index is 2.72. The van der Waals surface area contributed by atoms with Crippen LogP contribution >= 0.6 is 0 Å². The maximum atomic E-state index is 10.8. The van der Waals surface area contributed by atoms with Crippen molar-refractivity contribution < 1.29 is 4.79 Å². The Hall–Kier alpha value is -1.84. The molecule has 2 heterocycles. The number of hydrogen-bond acceptors (Lipinski definition) is 3. The number of aryl methyl sites for hydroxylation is 1. The Labute approximate surface area is 88.2 Å². The van der Waals surface area contributed by atoms with E-state index < -0.39 is 0 Å². The van der Waals surface area contributed by atoms with Crippen molar-refractivity contribution in [2.75, 3.05) is 19.0 Å². The molecule has 0 saturated carbocycles. The number of carbonyl (C=O) groups excluding carboxylic acids is 1. The summed E-state index contributed by atoms with van der Waals surface area (Å²) in [5, 5.41) is 0. The van der Waals surface area contributed by atoms with E-state index in [9.17, 15) is 4.79 Å². The minimum Gasteiger partial charge on any atom is -0.376 e. The molecule has 0 atom stereocenters. The number of carbonyl (C=O) groups is 1. The highest BCUT2D eigenvalue weighted by molar-refractivity contribution is 5.84. The summed E-state index contributed by atoms with van der Waals surface area (Å²) in [4.78, 5) is 17.0. The van der Waals surface area contributed by atoms with Gasteiger partial charge in [-0.2, -0.15) is 0 Å². The topological polar surface area (TPSA) is 37.6 Å². The number of aldehydes is 1. The number of aromatic nitrogens is 2. The summed E-state index contributed by atoms with van der Waals surface area (Å²) < 4.78 is 1.93. The van der Waals surface area contributed by atoms with E-state index >= 15 is 0 Å². The highest BCUT2D eigenvalue weighted by Crippen LogP contribution is 2.17. The summed E-state index contributed by atoms with van der Waals surface area (Å²) in [5.41, 5.74) is 2.44. The van der Waals surface area contributed by atoms with Gasteiger partial charge in [0.15, 0.2) is 6.29 Å². The van der Waals surface area contributed by atoms with Crippen molar-refractivity contribution in [2.45, 2.75) is 6.92 Å². The molecule has 2 aromatic heterocycles. The average molecular weight is 203 g/mol. The van der Waals surface area contributed by atoms with Crippen LogP contribution in [0.1, 0.15) is 16.3 Å². The molecule has 0 unspecified atom stereocenters. The molecule has 0 saturated heterocycles. The van der Waals surface area contributed by atoms with Gasteiger partial charge in [-0.15, -0.1) is 0 Å². The fraction of sp³-hybridized carbons (Fsp3) is 0.273. The molecule has 0 aliphatic rings. The van der Waals surface area contributed by atoms with E-state index in [0.717, 1.165) is 23.3 Å². The molecule has 0 radical (unpaired) electrons. The lowest BCUT2D eigenvalue weighted by molar-refractivity contribution is 0.112. The van der Waals surface area contributed by atoms with Crippen molar-refractivity contribution in [1.29, 1.82) is 0 Å². The van der Waals surface area contributed by atoms with Gasteiger partial charge in [0.1, 0.15) is 11.5 Å². The Morgan fingerprint density at radius 3 is 2.73 bits per heavy atom. The van der Waals surface area contributed by atoms with E-state index in [1.54, 1.807) is 0 Å². The normalized spacial score (nSPS) is 10.6. The van der Waals surface area contributed by atoms with Crippen LogP contribution in [0, 0.1) is 6.92 Å². The van der Waals surface area contributed by atoms with Gasteiger partial charge in [-0.3, -0.25) is 4.79 Å². The summed E-state index contributed by atoms with van der Waals surface area (Å²) in [7, 11) is 3.96. The number of nitrogens with zero attached hydrogens (tertiary/aromatic N) is 3. The highest BCUT2D eigenvalue weighted by Gasteiger charge is 2.07. The molecule has 0 aliphatic heterocycles. The first-order valence-electron chi connectivity index (χ1n) is 4.74. The number of pyridine rings is 1. The monoisotopic (exact) mass is 203 g/mol. The van der Waals surface area contributed by atoms with Gasteiger partial charge in [-0.05, 0) is 19.1 Å². The van der Waals surface area contributed by atoms with Gasteiger partial charge in [-0.1, -0.05) is 0 Å². The third-order valence-electron chi connectivity index (χ3n) is 2.45. The van der Waals surface area contributed by atoms with Crippen molar-refractivity contribution >= 4 is 17.5 Å². The molecule has 2 rings (SSSR count). The van der Waals surface area contributed by atoms with Crippen LogP contribution in [0.3, 0.4) is 0 Å². The van der Waals surface area contributed by atoms with Crippen LogP contribution in [0.15, 0.2) is 18.3 Å². The molecule has 0 spiro atoms. The van der Waals surface area contributed by atoms with Crippen LogP contribution in [0.2, 0.25) is 0 Å². The largest absolute Gasteiger partial charge is 0.376 e. The van der Waals surface area contributed by atoms with Gasteiger partial charge in [0, 0.05) is 20.3 Å². The molecule has 15 heavy (non-hydrogen) atoms. The lowest BCUT2D eigenvalue weighted by Crippen LogP contribution is -2.09. The van der Waals surface area contributed by atoms with Gasteiger partial charge in [0.2, 0.25) is 0 Å². The molecule has 4 heteroatoms. The lowest BCUT2D eigenvalue weighted by Gasteiger charge is -2.12. The molecule has 0 aromatic carbocycles. The quantitative estimate of drug-likeness (QED) is 0.694. The first-order chi connectivity index (χ1) is 7.13. The van der Waals surface area contributed by atoms with Crippen molar-refractivity contribution in [3.8, 4) is 0 Å². The fourth-order valence-corrected chi connectivity index (χ4v) is 1.60. The SMILES string of the molecule is Cc1nc(C=O)c2ccc(N(C)C)cn12. The maximum Gasteiger partial charge on any atom is 0.170 e. The number of rotatable bonds is 2. The predicted molar refractivity (Wildman–Crippen MR) is 59.6 cm³/mol. The molecule has 0 aliphatic carbocycles. The van der Waals surface area contributed by atoms with E-state index in [0.29, 0.717) is 5.69 Å². The van der Waals surface area contributed by atoms with Crippen molar-refractivity contribution in [2.24, 2.45) is 0 Å². The average Bonchev–Trinajstić information content (AvgIpc) is 2.55. The zero-order valence-corrected chi connectivity index (χ0v) is 9.06. The first kappa shape index (κ1) is 9.71. The fourth-order valence-electron chi connectivity index (χ4n) is 1.60. The number of fused-ring (bicyclic) bond motifs is 1. The van der Waals surface area contributed by atoms with Crippen LogP contribution in [-0.4, -0.2) is 29.8 Å². The van der Waals surface area contributed by atoms with E-state index in [4.69, 9.17) is 0 Å². The molecular formula is C11H13N3O. The van der Waals surface area contributed by atoms with Crippen molar-refractivity contribution in [3.05, 3.63) is 29.8 Å². The van der Waals surface area contributed by atoms with Gasteiger partial charge in [0.25, 0.3) is 0 Å². The Kier molecular flexibility index (Phi) is 2.19. The molecule has 2 aromatic rings. The third-order valence-corrected chi connectivity index (χ3v) is 2.45. The second-order valence-electron chi connectivity index (χ2n) is 3.70. The summed E-state index contributed by atoms with van der Waals surface area (Å²) >= 11 is 0. The molecule has 78 valence electrons. The molecule has 0 fully saturated rings. The second-order valence-corrected chi connectivity index (χ2v) is 3.70. The Bertz CT molecular complexity index is 514. The van der Waals surface area contributed by atoms with Gasteiger partial charge in [-0.25, -0.2) is 4.98 Å². The molecule has 4 nitrogen and oxygen atoms in total. The third kappa shape index (κ3) is 1.48. The van der Waals surface area contributed by atoms with E-state index in [2.05, 4.69) is 4.98 Å². The van der Waals surface area contributed by atoms with Crippen molar-refractivity contribution in [1.82, 2.24) is 9.38 Å². The van der Waals surface area contributed by atoms with E-state index in [-0.39, 0.29) is 0 Å². The summed E-state index contributed by atoms with van der Waals surface area (Å²) in [5.74, 6) is 0.829. The van der Waals surface area contributed by atoms with Crippen molar-refractivity contribution in [3.63, 3.8) is 0 Å². The Morgan fingerprint density at radius 1 is 1.40 bits per heavy atom. The van der Waals surface area contributed by atoms with Crippen LogP contribution in [0.25, 0.3) is 5.52 Å². The van der Waals surface area contributed by atoms with Gasteiger partial charge in [0.05, 0.1) is 11.2 Å². The standard InChI is InChI=1S/C11H13N3O/c1-8-12-10(7-15)11-5-4-9(13(2)3)6-14(8)11/h4-7H,1-3H3. The number of imidazole rings is 1. The lowest BCUT2D eigenvalue weighted by atomic mass is 10.3. The maximum absolute atomic E-state index is 10.8. The number of anilines is 1. The molecular weight excluding hydrogens is 190 g/mol. The summed E-state index contributed by atoms with van der Waals surface area (Å²) in [6, 6.07) is 3.89. The van der Waals surface area contributed by atoms with Crippen LogP contribution in [0.5, 0.6) is 0 Å². The minimum absolute atomic E-state index is 0.498. The predicted octanol–water partition coefficient (Wildman–Crippen LogP) is 1.52. The minimum atomic E-state index is 0.498. The summed E-state index contributed by atoms with van der Waals surface area (Å²) in [6.45, 7) is 1.89. The zero-order valence-electron chi connectivity index (χ0n) is 9.06.